The van der Waals surface area contributed by atoms with Crippen LogP contribution in [0, 0.1) is 0 Å². The number of nitrogens with zero attached hydrogens (tertiary/aromatic N) is 2. The van der Waals surface area contributed by atoms with E-state index in [0.29, 0.717) is 43.7 Å². The first kappa shape index (κ1) is 38.2. The third-order valence-corrected chi connectivity index (χ3v) is 10.6. The molecule has 0 spiro atoms. The van der Waals surface area contributed by atoms with E-state index in [1.54, 1.807) is 60.7 Å². The Labute approximate surface area is 365 Å². The predicted octanol–water partition coefficient (Wildman–Crippen LogP) is 5.24. The molecule has 0 amide bonds. The Morgan fingerprint density at radius 1 is 0.786 bits per heavy atom. The zero-order valence-corrected chi connectivity index (χ0v) is 34.5. The van der Waals surface area contributed by atoms with Crippen molar-refractivity contribution in [1.82, 2.24) is 0 Å². The molecule has 3 aromatic heterocycles. The number of anilines is 1. The number of oxazole rings is 1. The van der Waals surface area contributed by atoms with E-state index in [9.17, 15) is 25.9 Å². The molecule has 1 aliphatic heterocycles. The normalized spacial score (nSPS) is 14.0. The summed E-state index contributed by atoms with van der Waals surface area (Å²) >= 11 is 6.24. The van der Waals surface area contributed by atoms with Gasteiger partial charge in [0.05, 0.1) is 17.8 Å². The van der Waals surface area contributed by atoms with Crippen LogP contribution in [-0.2, 0) is 20.2 Å². The smallest absolute Gasteiger partial charge is 0.747 e. The summed E-state index contributed by atoms with van der Waals surface area (Å²) in [4.78, 5) is 1.19. The molecule has 0 aliphatic carbocycles. The summed E-state index contributed by atoms with van der Waals surface area (Å²) in [6.07, 6.45) is 2.87. The van der Waals surface area contributed by atoms with Crippen LogP contribution in [0.15, 0.2) is 140 Å². The van der Waals surface area contributed by atoms with Crippen LogP contribution in [0.4, 0.5) is 5.69 Å². The number of halogens is 1. The van der Waals surface area contributed by atoms with E-state index in [0.717, 1.165) is 15.3 Å². The Kier molecular flexibility index (Phi) is 9.78. The summed E-state index contributed by atoms with van der Waals surface area (Å²) in [5.41, 5.74) is 7.87. The van der Waals surface area contributed by atoms with Gasteiger partial charge in [0.15, 0.2) is 15.9 Å². The van der Waals surface area contributed by atoms with Gasteiger partial charge in [-0.15, -0.1) is 4.57 Å². The maximum absolute atomic E-state index is 12.8. The number of aromatic nitrogens is 1. The van der Waals surface area contributed by atoms with Gasteiger partial charge in [0.25, 0.3) is 5.52 Å². The predicted molar refractivity (Wildman–Crippen MR) is 205 cm³/mol. The van der Waals surface area contributed by atoms with Gasteiger partial charge in [-0.3, -0.25) is 4.90 Å². The zero-order valence-electron chi connectivity index (χ0n) is 29.0. The summed E-state index contributed by atoms with van der Waals surface area (Å²) in [5, 5.41) is 2.47. The Bertz CT molecular complexity index is 3330. The quantitative estimate of drug-likeness (QED) is 0.0891. The number of para-hydroxylation sites is 2. The molecule has 8 aromatic rings. The third kappa shape index (κ3) is 6.88. The van der Waals surface area contributed by atoms with Crippen LogP contribution in [0.5, 0.6) is 5.75 Å². The average molecular weight is 829 g/mol. The minimum atomic E-state index is -5.25. The van der Waals surface area contributed by atoms with Crippen LogP contribution < -0.4 is 65.6 Å². The Morgan fingerprint density at radius 3 is 2.04 bits per heavy atom. The number of rotatable bonds is 7. The fourth-order valence-corrected chi connectivity index (χ4v) is 8.04. The van der Waals surface area contributed by atoms with Crippen molar-refractivity contribution in [2.24, 2.45) is 0 Å². The first-order chi connectivity index (χ1) is 26.3. The summed E-state index contributed by atoms with van der Waals surface area (Å²) in [6, 6.07) is 27.6. The Balaban J connectivity index is 0.00000441. The van der Waals surface area contributed by atoms with Crippen molar-refractivity contribution in [2.75, 3.05) is 10.8 Å². The monoisotopic (exact) mass is 828 g/mol. The van der Waals surface area contributed by atoms with Gasteiger partial charge < -0.3 is 27.1 Å². The van der Waals surface area contributed by atoms with Gasteiger partial charge in [0, 0.05) is 44.4 Å². The summed E-state index contributed by atoms with van der Waals surface area (Å²) in [7, 11) is -10.1. The van der Waals surface area contributed by atoms with Crippen molar-refractivity contribution in [3.05, 3.63) is 144 Å². The minimum Gasteiger partial charge on any atom is -0.747 e. The molecule has 272 valence electrons. The summed E-state index contributed by atoms with van der Waals surface area (Å²) < 4.78 is 101. The van der Waals surface area contributed by atoms with Crippen molar-refractivity contribution in [3.63, 3.8) is 0 Å². The Morgan fingerprint density at radius 2 is 1.41 bits per heavy atom. The van der Waals surface area contributed by atoms with Crippen LogP contribution in [0.1, 0.15) is 11.5 Å². The minimum absolute atomic E-state index is 0. The number of benzene rings is 5. The molecule has 5 aromatic carbocycles. The number of hydrogen-bond donors (Lipinski definition) is 0. The van der Waals surface area contributed by atoms with Crippen LogP contribution in [0.25, 0.3) is 71.7 Å². The van der Waals surface area contributed by atoms with E-state index in [1.807, 2.05) is 36.4 Å². The second-order valence-corrected chi connectivity index (χ2v) is 15.6. The molecular formula is C40H22ClKN2O10S2. The van der Waals surface area contributed by atoms with Gasteiger partial charge >= 0.3 is 62.3 Å². The first-order valence-electron chi connectivity index (χ1n) is 16.3. The van der Waals surface area contributed by atoms with E-state index in [4.69, 9.17) is 29.6 Å². The molecule has 0 fully saturated rings. The molecule has 0 unspecified atom stereocenters. The van der Waals surface area contributed by atoms with E-state index in [1.165, 1.54) is 17.1 Å². The largest absolute Gasteiger partial charge is 1.00 e. The van der Waals surface area contributed by atoms with Crippen molar-refractivity contribution in [1.29, 1.82) is 0 Å². The van der Waals surface area contributed by atoms with Gasteiger partial charge in [-0.05, 0) is 54.1 Å². The maximum atomic E-state index is 12.8. The van der Waals surface area contributed by atoms with Crippen molar-refractivity contribution in [3.8, 4) is 5.75 Å². The number of furan rings is 2. The fourth-order valence-electron chi connectivity index (χ4n) is 6.72. The van der Waals surface area contributed by atoms with Crippen molar-refractivity contribution >= 4 is 109 Å². The second kappa shape index (κ2) is 14.3. The van der Waals surface area contributed by atoms with Crippen LogP contribution in [0.2, 0.25) is 5.02 Å². The molecule has 16 heteroatoms. The number of allylic oxidation sites excluding steroid dienone is 2. The molecule has 4 heterocycles. The summed E-state index contributed by atoms with van der Waals surface area (Å²) in [6.45, 7) is 3.42. The zero-order chi connectivity index (χ0) is 38.2. The fraction of sp³-hybridized carbons (Fsp3) is 0.0250. The summed E-state index contributed by atoms with van der Waals surface area (Å²) in [5.74, 6) is -1.00. The van der Waals surface area contributed by atoms with Gasteiger partial charge in [-0.25, -0.2) is 16.8 Å². The standard InChI is InChI=1S/C40H23ClN2O10S2.K/c1-2-7-40(55(47,48)49)43-31-21-35-29(27-9-4-6-11-33(27)51-35)19-37(31)53-39(43)17-24(23-12-14-25(41)15-13-23)16-38-42(22-54(44,45)46)30-20-34-28(18-36(30)52-38)26-8-3-5-10-32(26)50-34;/h3-6,8-21H,1,22H2,(H-,44,45,46,47,48,49);/q;+1/p-1. The number of fused-ring (bicyclic) bond motifs is 8. The Hall–Kier alpha value is -4.70. The molecule has 9 rings (SSSR count). The van der Waals surface area contributed by atoms with E-state index >= 15 is 0 Å². The number of ether oxygens (including phenoxy) is 1. The third-order valence-electron chi connectivity index (χ3n) is 9.02. The maximum Gasteiger partial charge on any atom is 1.00 e. The molecule has 0 atom stereocenters. The molecule has 0 radical (unpaired) electrons. The molecule has 12 nitrogen and oxygen atoms in total. The van der Waals surface area contributed by atoms with Crippen LogP contribution >= 0.6 is 11.6 Å². The molecule has 0 saturated heterocycles. The van der Waals surface area contributed by atoms with Crippen molar-refractivity contribution in [2.45, 2.75) is 0 Å². The van der Waals surface area contributed by atoms with Crippen LogP contribution in [0.3, 0.4) is 0 Å². The van der Waals surface area contributed by atoms with Gasteiger partial charge in [0.1, 0.15) is 38.3 Å². The SMILES string of the molecule is C=C=C=C([n+]1c(C=C(C=C2Oc3cc4c(cc3N2CS(=O)(=O)[O-])oc2ccccc24)c2ccc(Cl)cc2)oc2cc3c(cc21)oc1ccccc13)S(=O)(=O)[O-].[K+]. The molecule has 0 N–H and O–H groups in total. The average Bonchev–Trinajstić information content (AvgIpc) is 3.87. The molecule has 1 aliphatic rings. The van der Waals surface area contributed by atoms with Gasteiger partial charge in [-0.1, -0.05) is 65.9 Å². The first-order valence-corrected chi connectivity index (χ1v) is 19.7. The van der Waals surface area contributed by atoms with E-state index in [-0.39, 0.29) is 91.3 Å². The van der Waals surface area contributed by atoms with Crippen molar-refractivity contribution < 1.29 is 99.9 Å². The van der Waals surface area contributed by atoms with Gasteiger partial charge in [-0.2, -0.15) is 0 Å². The molecule has 0 bridgehead atoms. The second-order valence-electron chi connectivity index (χ2n) is 12.5. The molecule has 0 saturated carbocycles. The number of hydrogen-bond acceptors (Lipinski definition) is 11. The molecule has 56 heavy (non-hydrogen) atoms. The van der Waals surface area contributed by atoms with Gasteiger partial charge in [0.2, 0.25) is 11.5 Å². The van der Waals surface area contributed by atoms with E-state index in [2.05, 4.69) is 18.0 Å². The topological polar surface area (TPSA) is 170 Å². The molecular weight excluding hydrogens is 807 g/mol. The van der Waals surface area contributed by atoms with E-state index < -0.39 is 31.1 Å². The van der Waals surface area contributed by atoms with Crippen LogP contribution in [-0.4, -0.2) is 31.8 Å².